The Kier molecular flexibility index (Phi) is 5.57. The number of hydrogen-bond donors (Lipinski definition) is 1. The van der Waals surface area contributed by atoms with Crippen LogP contribution in [0.5, 0.6) is 0 Å². The molecule has 26 heavy (non-hydrogen) atoms. The van der Waals surface area contributed by atoms with Crippen LogP contribution >= 0.6 is 0 Å². The summed E-state index contributed by atoms with van der Waals surface area (Å²) in [5.41, 5.74) is 0.989. The molecule has 0 bridgehead atoms. The van der Waals surface area contributed by atoms with E-state index in [0.717, 1.165) is 25.3 Å². The molecule has 0 amide bonds. The van der Waals surface area contributed by atoms with Gasteiger partial charge < -0.3 is 14.7 Å². The largest absolute Gasteiger partial charge is 0.462 e. The molecule has 1 aromatic carbocycles. The zero-order chi connectivity index (χ0) is 18.6. The van der Waals surface area contributed by atoms with Crippen LogP contribution in [0.2, 0.25) is 0 Å². The fraction of sp³-hybridized carbons (Fsp3) is 0.429. The number of carbonyl (C=O) groups excluding carboxylic acids is 1. The summed E-state index contributed by atoms with van der Waals surface area (Å²) in [6.45, 7) is 5.53. The van der Waals surface area contributed by atoms with Crippen molar-refractivity contribution in [3.8, 4) is 0 Å². The smallest absolute Gasteiger partial charge is 0.339 e. The van der Waals surface area contributed by atoms with Crippen LogP contribution in [0.4, 0.5) is 5.82 Å². The van der Waals surface area contributed by atoms with Crippen LogP contribution in [-0.4, -0.2) is 41.4 Å². The number of benzene rings is 1. The summed E-state index contributed by atoms with van der Waals surface area (Å²) in [6, 6.07) is 13.9. The highest BCUT2D eigenvalue weighted by molar-refractivity contribution is 5.89. The fourth-order valence-electron chi connectivity index (χ4n) is 3.42. The number of esters is 1. The number of aliphatic hydroxyl groups is 1. The zero-order valence-corrected chi connectivity index (χ0v) is 15.4. The highest BCUT2D eigenvalue weighted by Crippen LogP contribution is 2.32. The Hall–Kier alpha value is -2.40. The molecule has 2 atom stereocenters. The molecule has 5 nitrogen and oxygen atoms in total. The second kappa shape index (κ2) is 7.87. The number of piperidine rings is 1. The Balaban J connectivity index is 1.72. The molecule has 1 aliphatic rings. The summed E-state index contributed by atoms with van der Waals surface area (Å²) in [6.07, 6.45) is 3.07. The number of aromatic nitrogens is 1. The lowest BCUT2D eigenvalue weighted by Gasteiger charge is -2.43. The number of nitrogens with zero attached hydrogens (tertiary/aromatic N) is 2. The van der Waals surface area contributed by atoms with E-state index in [2.05, 4.69) is 22.0 Å². The molecule has 1 aromatic heterocycles. The van der Waals surface area contributed by atoms with Crippen LogP contribution in [-0.2, 0) is 11.2 Å². The van der Waals surface area contributed by atoms with Gasteiger partial charge >= 0.3 is 5.97 Å². The first kappa shape index (κ1) is 18.4. The Bertz CT molecular complexity index is 729. The molecule has 138 valence electrons. The first-order valence-corrected chi connectivity index (χ1v) is 9.14. The number of rotatable bonds is 5. The third-order valence-electron chi connectivity index (χ3n) is 5.12. The van der Waals surface area contributed by atoms with Gasteiger partial charge in [0.2, 0.25) is 0 Å². The number of ether oxygens (including phenoxy) is 1. The molecule has 0 unspecified atom stereocenters. The zero-order valence-electron chi connectivity index (χ0n) is 15.4. The number of anilines is 1. The molecule has 0 radical (unpaired) electrons. The maximum absolute atomic E-state index is 11.8. The van der Waals surface area contributed by atoms with Crippen LogP contribution in [0.25, 0.3) is 0 Å². The van der Waals surface area contributed by atoms with Gasteiger partial charge in [-0.25, -0.2) is 9.78 Å². The second-order valence-corrected chi connectivity index (χ2v) is 7.07. The fourth-order valence-corrected chi connectivity index (χ4v) is 3.42. The number of pyridine rings is 1. The SMILES string of the molecule is CCOC(=O)c1ccc(N2CC[C@](C)(O)[C@H](Cc3ccccc3)C2)nc1. The van der Waals surface area contributed by atoms with Gasteiger partial charge in [0.25, 0.3) is 0 Å². The summed E-state index contributed by atoms with van der Waals surface area (Å²) in [4.78, 5) is 18.4. The topological polar surface area (TPSA) is 62.7 Å². The van der Waals surface area contributed by atoms with E-state index >= 15 is 0 Å². The summed E-state index contributed by atoms with van der Waals surface area (Å²) < 4.78 is 5.00. The Morgan fingerprint density at radius 3 is 2.73 bits per heavy atom. The van der Waals surface area contributed by atoms with Crippen molar-refractivity contribution < 1.29 is 14.6 Å². The molecular formula is C21H26N2O3. The van der Waals surface area contributed by atoms with Gasteiger partial charge in [-0.3, -0.25) is 0 Å². The van der Waals surface area contributed by atoms with Crippen LogP contribution < -0.4 is 4.90 Å². The summed E-state index contributed by atoms with van der Waals surface area (Å²) in [5, 5.41) is 10.8. The van der Waals surface area contributed by atoms with Gasteiger partial charge in [0, 0.05) is 25.2 Å². The van der Waals surface area contributed by atoms with Gasteiger partial charge in [0.15, 0.2) is 0 Å². The molecule has 2 heterocycles. The van der Waals surface area contributed by atoms with Crippen molar-refractivity contribution in [3.05, 3.63) is 59.8 Å². The molecule has 0 aliphatic carbocycles. The van der Waals surface area contributed by atoms with Gasteiger partial charge in [-0.15, -0.1) is 0 Å². The lowest BCUT2D eigenvalue weighted by Crippen LogP contribution is -2.51. The van der Waals surface area contributed by atoms with Crippen LogP contribution in [0, 0.1) is 5.92 Å². The van der Waals surface area contributed by atoms with Gasteiger partial charge in [-0.2, -0.15) is 0 Å². The van der Waals surface area contributed by atoms with E-state index in [0.29, 0.717) is 18.6 Å². The molecule has 3 rings (SSSR count). The van der Waals surface area contributed by atoms with Gasteiger partial charge in [-0.1, -0.05) is 30.3 Å². The van der Waals surface area contributed by atoms with Crippen LogP contribution in [0.3, 0.4) is 0 Å². The lowest BCUT2D eigenvalue weighted by atomic mass is 9.79. The minimum absolute atomic E-state index is 0.116. The highest BCUT2D eigenvalue weighted by Gasteiger charge is 2.37. The molecule has 0 spiro atoms. The first-order valence-electron chi connectivity index (χ1n) is 9.14. The summed E-state index contributed by atoms with van der Waals surface area (Å²) in [7, 11) is 0. The molecule has 5 heteroatoms. The molecule has 1 fully saturated rings. The minimum atomic E-state index is -0.697. The molecule has 0 saturated carbocycles. The maximum Gasteiger partial charge on any atom is 0.339 e. The van der Waals surface area contributed by atoms with E-state index in [4.69, 9.17) is 4.74 Å². The van der Waals surface area contributed by atoms with E-state index in [-0.39, 0.29) is 11.9 Å². The van der Waals surface area contributed by atoms with Crippen molar-refractivity contribution in [2.45, 2.75) is 32.3 Å². The molecule has 1 aliphatic heterocycles. The normalized spacial score (nSPS) is 22.9. The van der Waals surface area contributed by atoms with Gasteiger partial charge in [-0.05, 0) is 44.4 Å². The van der Waals surface area contributed by atoms with Crippen molar-refractivity contribution in [1.29, 1.82) is 0 Å². The summed E-state index contributed by atoms with van der Waals surface area (Å²) >= 11 is 0. The molecule has 1 N–H and O–H groups in total. The lowest BCUT2D eigenvalue weighted by molar-refractivity contribution is -0.0168. The van der Waals surface area contributed by atoms with E-state index in [1.54, 1.807) is 19.2 Å². The van der Waals surface area contributed by atoms with Crippen molar-refractivity contribution >= 4 is 11.8 Å². The second-order valence-electron chi connectivity index (χ2n) is 7.07. The Labute approximate surface area is 154 Å². The first-order chi connectivity index (χ1) is 12.5. The predicted molar refractivity (Wildman–Crippen MR) is 101 cm³/mol. The van der Waals surface area contributed by atoms with Gasteiger partial charge in [0.05, 0.1) is 17.8 Å². The van der Waals surface area contributed by atoms with Crippen molar-refractivity contribution in [3.63, 3.8) is 0 Å². The highest BCUT2D eigenvalue weighted by atomic mass is 16.5. The van der Waals surface area contributed by atoms with Crippen molar-refractivity contribution in [1.82, 2.24) is 4.98 Å². The number of hydrogen-bond acceptors (Lipinski definition) is 5. The minimum Gasteiger partial charge on any atom is -0.462 e. The van der Waals surface area contributed by atoms with E-state index < -0.39 is 5.60 Å². The van der Waals surface area contributed by atoms with E-state index in [9.17, 15) is 9.90 Å². The standard InChI is InChI=1S/C21H26N2O3/c1-3-26-20(24)17-9-10-19(22-14-17)23-12-11-21(2,25)18(15-23)13-16-7-5-4-6-8-16/h4-10,14,18,25H,3,11-13,15H2,1-2H3/t18-,21+/m1/s1. The van der Waals surface area contributed by atoms with Gasteiger partial charge in [0.1, 0.15) is 5.82 Å². The quantitative estimate of drug-likeness (QED) is 0.836. The predicted octanol–water partition coefficient (Wildman–Crippen LogP) is 3.08. The average Bonchev–Trinajstić information content (AvgIpc) is 2.65. The molecule has 2 aromatic rings. The third-order valence-corrected chi connectivity index (χ3v) is 5.12. The maximum atomic E-state index is 11.8. The monoisotopic (exact) mass is 354 g/mol. The van der Waals surface area contributed by atoms with Crippen molar-refractivity contribution in [2.75, 3.05) is 24.6 Å². The van der Waals surface area contributed by atoms with E-state index in [1.165, 1.54) is 5.56 Å². The summed E-state index contributed by atoms with van der Waals surface area (Å²) in [5.74, 6) is 0.590. The van der Waals surface area contributed by atoms with E-state index in [1.807, 2.05) is 31.2 Å². The molecular weight excluding hydrogens is 328 g/mol. The average molecular weight is 354 g/mol. The third kappa shape index (κ3) is 4.22. The van der Waals surface area contributed by atoms with Crippen LogP contribution in [0.1, 0.15) is 36.2 Å². The number of carbonyl (C=O) groups is 1. The van der Waals surface area contributed by atoms with Crippen molar-refractivity contribution in [2.24, 2.45) is 5.92 Å². The van der Waals surface area contributed by atoms with Crippen LogP contribution in [0.15, 0.2) is 48.7 Å². The Morgan fingerprint density at radius 1 is 1.31 bits per heavy atom. The Morgan fingerprint density at radius 2 is 2.08 bits per heavy atom. The molecule has 1 saturated heterocycles.